The molecule has 2 aromatic carbocycles. The van der Waals surface area contributed by atoms with E-state index in [-0.39, 0.29) is 17.1 Å². The van der Waals surface area contributed by atoms with Gasteiger partial charge in [-0.05, 0) is 63.4 Å². The SMILES string of the molecule is CCCC(=O)Nc1ccc2nc(SC(C)C(=O)Nc3c(C)cc(C)cc3C)sc2c1. The highest BCUT2D eigenvalue weighted by Crippen LogP contribution is 2.34. The van der Waals surface area contributed by atoms with E-state index in [0.29, 0.717) is 6.42 Å². The summed E-state index contributed by atoms with van der Waals surface area (Å²) in [6.45, 7) is 9.95. The van der Waals surface area contributed by atoms with E-state index >= 15 is 0 Å². The van der Waals surface area contributed by atoms with Crippen LogP contribution in [0, 0.1) is 20.8 Å². The van der Waals surface area contributed by atoms with E-state index in [1.165, 1.54) is 28.7 Å². The van der Waals surface area contributed by atoms with E-state index < -0.39 is 0 Å². The van der Waals surface area contributed by atoms with E-state index in [0.717, 1.165) is 43.5 Å². The van der Waals surface area contributed by atoms with Crippen LogP contribution in [0.4, 0.5) is 11.4 Å². The summed E-state index contributed by atoms with van der Waals surface area (Å²) in [6, 6.07) is 9.86. The van der Waals surface area contributed by atoms with Gasteiger partial charge in [0.25, 0.3) is 0 Å². The number of benzene rings is 2. The lowest BCUT2D eigenvalue weighted by Gasteiger charge is -2.15. The molecule has 0 aliphatic carbocycles. The largest absolute Gasteiger partial charge is 0.326 e. The maximum absolute atomic E-state index is 12.8. The summed E-state index contributed by atoms with van der Waals surface area (Å²) in [5.41, 5.74) is 5.84. The number of thiazole rings is 1. The molecule has 30 heavy (non-hydrogen) atoms. The van der Waals surface area contributed by atoms with E-state index in [1.54, 1.807) is 0 Å². The zero-order valence-electron chi connectivity index (χ0n) is 18.0. The Labute approximate surface area is 185 Å². The standard InChI is InChI=1S/C23H27N3O2S2/c1-6-7-20(27)24-17-8-9-18-19(12-17)30-23(25-18)29-16(5)22(28)26-21-14(3)10-13(2)11-15(21)4/h8-12,16H,6-7H2,1-5H3,(H,24,27)(H,26,28). The molecular weight excluding hydrogens is 414 g/mol. The fraction of sp³-hybridized carbons (Fsp3) is 0.348. The van der Waals surface area contributed by atoms with Crippen molar-refractivity contribution in [3.05, 3.63) is 47.0 Å². The fourth-order valence-corrected chi connectivity index (χ4v) is 5.54. The zero-order chi connectivity index (χ0) is 21.8. The van der Waals surface area contributed by atoms with Gasteiger partial charge in [0.05, 0.1) is 15.5 Å². The third-order valence-electron chi connectivity index (χ3n) is 4.70. The number of thioether (sulfide) groups is 1. The van der Waals surface area contributed by atoms with Crippen molar-refractivity contribution in [3.8, 4) is 0 Å². The van der Waals surface area contributed by atoms with Gasteiger partial charge in [0.15, 0.2) is 4.34 Å². The Morgan fingerprint density at radius 2 is 1.80 bits per heavy atom. The first kappa shape index (κ1) is 22.3. The minimum absolute atomic E-state index is 0.0166. The molecule has 1 unspecified atom stereocenters. The number of rotatable bonds is 7. The molecule has 0 radical (unpaired) electrons. The quantitative estimate of drug-likeness (QED) is 0.436. The van der Waals surface area contributed by atoms with Gasteiger partial charge in [0.2, 0.25) is 11.8 Å². The monoisotopic (exact) mass is 441 g/mol. The van der Waals surface area contributed by atoms with Gasteiger partial charge in [-0.15, -0.1) is 11.3 Å². The maximum atomic E-state index is 12.8. The first-order valence-electron chi connectivity index (χ1n) is 10.0. The molecule has 0 bridgehead atoms. The highest BCUT2D eigenvalue weighted by Gasteiger charge is 2.19. The average Bonchev–Trinajstić information content (AvgIpc) is 3.06. The molecule has 0 aliphatic rings. The number of fused-ring (bicyclic) bond motifs is 1. The van der Waals surface area contributed by atoms with Crippen LogP contribution in [0.3, 0.4) is 0 Å². The van der Waals surface area contributed by atoms with E-state index in [4.69, 9.17) is 0 Å². The number of aryl methyl sites for hydroxylation is 3. The third kappa shape index (κ3) is 5.40. The molecule has 0 spiro atoms. The summed E-state index contributed by atoms with van der Waals surface area (Å²) in [6.07, 6.45) is 1.32. The number of aromatic nitrogens is 1. The Kier molecular flexibility index (Phi) is 7.15. The van der Waals surface area contributed by atoms with E-state index in [9.17, 15) is 9.59 Å². The molecule has 0 saturated carbocycles. The highest BCUT2D eigenvalue weighted by atomic mass is 32.2. The second kappa shape index (κ2) is 9.62. The van der Waals surface area contributed by atoms with Crippen molar-refractivity contribution < 1.29 is 9.59 Å². The Balaban J connectivity index is 1.69. The number of hydrogen-bond donors (Lipinski definition) is 2. The van der Waals surface area contributed by atoms with Gasteiger partial charge in [0, 0.05) is 17.8 Å². The van der Waals surface area contributed by atoms with Crippen molar-refractivity contribution in [1.29, 1.82) is 0 Å². The van der Waals surface area contributed by atoms with Crippen LogP contribution in [-0.4, -0.2) is 22.0 Å². The highest BCUT2D eigenvalue weighted by molar-refractivity contribution is 8.02. The number of carbonyl (C=O) groups excluding carboxylic acids is 2. The molecule has 1 atom stereocenters. The van der Waals surface area contributed by atoms with Gasteiger partial charge in [-0.2, -0.15) is 0 Å². The zero-order valence-corrected chi connectivity index (χ0v) is 19.6. The Bertz CT molecular complexity index is 1070. The summed E-state index contributed by atoms with van der Waals surface area (Å²) in [5, 5.41) is 5.70. The molecule has 0 fully saturated rings. The van der Waals surface area contributed by atoms with Gasteiger partial charge in [-0.25, -0.2) is 4.98 Å². The summed E-state index contributed by atoms with van der Waals surface area (Å²) in [5.74, 6) is -0.0234. The number of carbonyl (C=O) groups is 2. The lowest BCUT2D eigenvalue weighted by molar-refractivity contribution is -0.116. The number of anilines is 2. The van der Waals surface area contributed by atoms with Crippen molar-refractivity contribution in [2.45, 2.75) is 57.0 Å². The molecule has 1 aromatic heterocycles. The smallest absolute Gasteiger partial charge is 0.237 e. The van der Waals surface area contributed by atoms with E-state index in [2.05, 4.69) is 34.7 Å². The van der Waals surface area contributed by atoms with Gasteiger partial charge in [-0.3, -0.25) is 9.59 Å². The van der Waals surface area contributed by atoms with Crippen LogP contribution in [0.25, 0.3) is 10.2 Å². The van der Waals surface area contributed by atoms with Gasteiger partial charge >= 0.3 is 0 Å². The molecule has 3 aromatic rings. The van der Waals surface area contributed by atoms with Crippen LogP contribution in [-0.2, 0) is 9.59 Å². The van der Waals surface area contributed by atoms with Crippen molar-refractivity contribution >= 4 is 56.5 Å². The minimum atomic E-state index is -0.283. The van der Waals surface area contributed by atoms with Crippen LogP contribution >= 0.6 is 23.1 Å². The molecule has 3 rings (SSSR count). The molecule has 0 aliphatic heterocycles. The molecule has 0 saturated heterocycles. The lowest BCUT2D eigenvalue weighted by Crippen LogP contribution is -2.23. The summed E-state index contributed by atoms with van der Waals surface area (Å²) < 4.78 is 1.83. The summed E-state index contributed by atoms with van der Waals surface area (Å²) >= 11 is 2.98. The maximum Gasteiger partial charge on any atom is 0.237 e. The third-order valence-corrected chi connectivity index (χ3v) is 6.91. The predicted octanol–water partition coefficient (Wildman–Crippen LogP) is 6.08. The first-order valence-corrected chi connectivity index (χ1v) is 11.7. The van der Waals surface area contributed by atoms with Crippen molar-refractivity contribution in [2.75, 3.05) is 10.6 Å². The van der Waals surface area contributed by atoms with E-state index in [1.807, 2.05) is 45.9 Å². The van der Waals surface area contributed by atoms with Crippen LogP contribution in [0.1, 0.15) is 43.4 Å². The first-order chi connectivity index (χ1) is 14.3. The van der Waals surface area contributed by atoms with Crippen LogP contribution in [0.2, 0.25) is 0 Å². The summed E-state index contributed by atoms with van der Waals surface area (Å²) in [4.78, 5) is 29.2. The second-order valence-corrected chi connectivity index (χ2v) is 10.1. The fourth-order valence-electron chi connectivity index (χ4n) is 3.29. The molecule has 1 heterocycles. The molecule has 2 amide bonds. The molecular formula is C23H27N3O2S2. The van der Waals surface area contributed by atoms with Crippen LogP contribution < -0.4 is 10.6 Å². The normalized spacial score (nSPS) is 12.0. The molecule has 7 heteroatoms. The van der Waals surface area contributed by atoms with Gasteiger partial charge < -0.3 is 10.6 Å². The van der Waals surface area contributed by atoms with Crippen molar-refractivity contribution in [1.82, 2.24) is 4.98 Å². The Morgan fingerprint density at radius 3 is 2.47 bits per heavy atom. The second-order valence-electron chi connectivity index (χ2n) is 7.48. The topological polar surface area (TPSA) is 71.1 Å². The predicted molar refractivity (Wildman–Crippen MR) is 128 cm³/mol. The molecule has 2 N–H and O–H groups in total. The van der Waals surface area contributed by atoms with Crippen LogP contribution in [0.5, 0.6) is 0 Å². The molecule has 5 nitrogen and oxygen atoms in total. The van der Waals surface area contributed by atoms with Crippen molar-refractivity contribution in [3.63, 3.8) is 0 Å². The lowest BCUT2D eigenvalue weighted by atomic mass is 10.1. The van der Waals surface area contributed by atoms with Crippen LogP contribution in [0.15, 0.2) is 34.7 Å². The Hall–Kier alpha value is -2.38. The minimum Gasteiger partial charge on any atom is -0.326 e. The van der Waals surface area contributed by atoms with Gasteiger partial charge in [0.1, 0.15) is 0 Å². The number of amides is 2. The number of nitrogens with zero attached hydrogens (tertiary/aromatic N) is 1. The Morgan fingerprint density at radius 1 is 1.10 bits per heavy atom. The number of nitrogens with one attached hydrogen (secondary N) is 2. The summed E-state index contributed by atoms with van der Waals surface area (Å²) in [7, 11) is 0. The number of hydrogen-bond acceptors (Lipinski definition) is 5. The van der Waals surface area contributed by atoms with Gasteiger partial charge in [-0.1, -0.05) is 36.4 Å². The average molecular weight is 442 g/mol. The molecule has 158 valence electrons. The van der Waals surface area contributed by atoms with Crippen molar-refractivity contribution in [2.24, 2.45) is 0 Å².